The number of halogens is 1. The number of benzene rings is 1. The minimum absolute atomic E-state index is 0.140. The molecule has 0 radical (unpaired) electrons. The highest BCUT2D eigenvalue weighted by molar-refractivity contribution is 7.85. The van der Waals surface area contributed by atoms with E-state index in [1.54, 1.807) is 79.1 Å². The van der Waals surface area contributed by atoms with Crippen LogP contribution in [0.4, 0.5) is 17.2 Å². The van der Waals surface area contributed by atoms with Crippen LogP contribution in [0.2, 0.25) is 0 Å². The highest BCUT2D eigenvalue weighted by Gasteiger charge is 2.19. The van der Waals surface area contributed by atoms with Crippen LogP contribution >= 0.6 is 11.6 Å². The second-order valence-electron chi connectivity index (χ2n) is 10.4. The topological polar surface area (TPSA) is 177 Å². The summed E-state index contributed by atoms with van der Waals surface area (Å²) in [7, 11) is 5.21. The van der Waals surface area contributed by atoms with E-state index in [-0.39, 0.29) is 36.1 Å². The van der Waals surface area contributed by atoms with Gasteiger partial charge in [0.05, 0.1) is 22.2 Å². The number of nitrogens with one attached hydrogen (secondary N) is 5. The highest BCUT2D eigenvalue weighted by Crippen LogP contribution is 2.20. The molecule has 0 spiro atoms. The molecule has 4 rings (SSSR count). The molecule has 0 saturated carbocycles. The Morgan fingerprint density at radius 1 is 0.745 bits per heavy atom. The number of hydrogen-bond acceptors (Lipinski definition) is 6. The second-order valence-corrected chi connectivity index (χ2v) is 12.4. The van der Waals surface area contributed by atoms with Crippen LogP contribution in [0.15, 0.2) is 65.8 Å². The third-order valence-corrected chi connectivity index (χ3v) is 8.93. The molecule has 3 aromatic heterocycles. The molecule has 0 aliphatic rings. The molecule has 248 valence electrons. The number of alkyl halides is 1. The van der Waals surface area contributed by atoms with Crippen LogP contribution in [0, 0.1) is 0 Å². The summed E-state index contributed by atoms with van der Waals surface area (Å²) in [6.45, 7) is 0.164. The fourth-order valence-electron chi connectivity index (χ4n) is 4.61. The molecule has 16 heteroatoms. The minimum atomic E-state index is -1.24. The van der Waals surface area contributed by atoms with Crippen molar-refractivity contribution in [2.75, 3.05) is 41.2 Å². The van der Waals surface area contributed by atoms with Crippen LogP contribution in [0.25, 0.3) is 0 Å². The number of aryl methyl sites for hydroxylation is 2. The molecule has 4 aromatic rings. The van der Waals surface area contributed by atoms with Crippen molar-refractivity contribution < 1.29 is 28.2 Å². The summed E-state index contributed by atoms with van der Waals surface area (Å²) in [5.74, 6) is -0.961. The lowest BCUT2D eigenvalue weighted by molar-refractivity contribution is -0.120. The normalized spacial score (nSPS) is 11.4. The summed E-state index contributed by atoms with van der Waals surface area (Å²) < 4.78 is 16.7. The molecule has 47 heavy (non-hydrogen) atoms. The zero-order chi connectivity index (χ0) is 34.2. The standard InChI is InChI=1S/C31H35ClN8O6S/c1-33-27(41)11-13-34-29(43)24-15-20(17-38(24)2)36-31(45)25-16-21(18-39(25)3)35-30(44)23-9-10-26(40(23)4)37-28(42)19-5-7-22(8-6-19)47(46)14-12-32/h5-10,15-18H,11-14H2,1-4H3,(H,33,41)(H,34,43)(H,35,44)(H,36,45)(H,37,42). The van der Waals surface area contributed by atoms with Crippen molar-refractivity contribution in [2.24, 2.45) is 21.1 Å². The smallest absolute Gasteiger partial charge is 0.272 e. The Bertz CT molecular complexity index is 1840. The SMILES string of the molecule is CNC(=O)CCNC(=O)c1cc(NC(=O)c2cc(NC(=O)c3ccc(NC(=O)c4ccc(S(=O)CCCl)cc4)n3C)cn2C)cn1C. The number of hydrogen-bond donors (Lipinski definition) is 5. The lowest BCUT2D eigenvalue weighted by Gasteiger charge is -2.10. The summed E-state index contributed by atoms with van der Waals surface area (Å²) in [5, 5.41) is 13.4. The Kier molecular flexibility index (Phi) is 11.4. The molecule has 14 nitrogen and oxygen atoms in total. The number of anilines is 3. The highest BCUT2D eigenvalue weighted by atomic mass is 35.5. The van der Waals surface area contributed by atoms with Crippen molar-refractivity contribution in [2.45, 2.75) is 11.3 Å². The molecule has 0 bridgehead atoms. The van der Waals surface area contributed by atoms with E-state index >= 15 is 0 Å². The van der Waals surface area contributed by atoms with Gasteiger partial charge in [0.2, 0.25) is 5.91 Å². The van der Waals surface area contributed by atoms with Crippen LogP contribution in [-0.4, -0.2) is 72.7 Å². The van der Waals surface area contributed by atoms with Crippen molar-refractivity contribution in [1.82, 2.24) is 24.3 Å². The van der Waals surface area contributed by atoms with Gasteiger partial charge in [-0.2, -0.15) is 0 Å². The van der Waals surface area contributed by atoms with Gasteiger partial charge in [-0.1, -0.05) is 0 Å². The number of aromatic nitrogens is 3. The van der Waals surface area contributed by atoms with Crippen molar-refractivity contribution in [3.63, 3.8) is 0 Å². The molecule has 0 aliphatic heterocycles. The van der Waals surface area contributed by atoms with Crippen molar-refractivity contribution >= 4 is 69.1 Å². The summed E-state index contributed by atoms with van der Waals surface area (Å²) in [5.41, 5.74) is 1.91. The first kappa shape index (κ1) is 34.7. The Labute approximate surface area is 278 Å². The van der Waals surface area contributed by atoms with E-state index in [0.29, 0.717) is 39.1 Å². The molecule has 1 aromatic carbocycles. The van der Waals surface area contributed by atoms with Gasteiger partial charge in [0.15, 0.2) is 0 Å². The number of carbonyl (C=O) groups is 5. The molecule has 0 fully saturated rings. The largest absolute Gasteiger partial charge is 0.359 e. The maximum absolute atomic E-state index is 13.1. The van der Waals surface area contributed by atoms with Gasteiger partial charge < -0.3 is 40.3 Å². The quantitative estimate of drug-likeness (QED) is 0.135. The zero-order valence-electron chi connectivity index (χ0n) is 26.2. The van der Waals surface area contributed by atoms with Gasteiger partial charge in [0.25, 0.3) is 23.6 Å². The lowest BCUT2D eigenvalue weighted by atomic mass is 10.2. The van der Waals surface area contributed by atoms with Crippen LogP contribution in [0.5, 0.6) is 0 Å². The second kappa shape index (κ2) is 15.4. The summed E-state index contributed by atoms with van der Waals surface area (Å²) in [6.07, 6.45) is 3.31. The van der Waals surface area contributed by atoms with Crippen LogP contribution in [-0.2, 0) is 36.7 Å². The Morgan fingerprint density at radius 3 is 1.89 bits per heavy atom. The van der Waals surface area contributed by atoms with E-state index in [0.717, 1.165) is 0 Å². The van der Waals surface area contributed by atoms with Crippen LogP contribution < -0.4 is 26.6 Å². The minimum Gasteiger partial charge on any atom is -0.359 e. The molecule has 5 N–H and O–H groups in total. The van der Waals surface area contributed by atoms with E-state index in [2.05, 4.69) is 26.6 Å². The first-order valence-corrected chi connectivity index (χ1v) is 16.2. The van der Waals surface area contributed by atoms with E-state index in [1.807, 2.05) is 0 Å². The van der Waals surface area contributed by atoms with Crippen LogP contribution in [0.1, 0.15) is 48.2 Å². The Balaban J connectivity index is 1.36. The van der Waals surface area contributed by atoms with Gasteiger partial charge in [-0.3, -0.25) is 28.2 Å². The van der Waals surface area contributed by atoms with Gasteiger partial charge in [-0.25, -0.2) is 0 Å². The van der Waals surface area contributed by atoms with Gasteiger partial charge >= 0.3 is 0 Å². The third-order valence-electron chi connectivity index (χ3n) is 7.15. The molecular formula is C31H35ClN8O6S. The Hall–Kier alpha value is -5.15. The van der Waals surface area contributed by atoms with Crippen molar-refractivity contribution in [3.8, 4) is 0 Å². The number of nitrogens with zero attached hydrogens (tertiary/aromatic N) is 3. The van der Waals surface area contributed by atoms with E-state index < -0.39 is 34.4 Å². The number of carbonyl (C=O) groups excluding carboxylic acids is 5. The fourth-order valence-corrected chi connectivity index (χ4v) is 5.85. The molecule has 3 heterocycles. The zero-order valence-corrected chi connectivity index (χ0v) is 27.8. The van der Waals surface area contributed by atoms with E-state index in [1.165, 1.54) is 23.7 Å². The predicted molar refractivity (Wildman–Crippen MR) is 180 cm³/mol. The van der Waals surface area contributed by atoms with E-state index in [4.69, 9.17) is 11.6 Å². The van der Waals surface area contributed by atoms with Gasteiger partial charge in [0, 0.05) is 75.6 Å². The first-order chi connectivity index (χ1) is 22.4. The monoisotopic (exact) mass is 682 g/mol. The van der Waals surface area contributed by atoms with Crippen molar-refractivity contribution in [3.05, 3.63) is 83.6 Å². The third kappa shape index (κ3) is 8.56. The van der Waals surface area contributed by atoms with Gasteiger partial charge in [-0.15, -0.1) is 11.6 Å². The predicted octanol–water partition coefficient (Wildman–Crippen LogP) is 2.67. The summed E-state index contributed by atoms with van der Waals surface area (Å²) in [4.78, 5) is 63.5. The maximum Gasteiger partial charge on any atom is 0.272 e. The average Bonchev–Trinajstić information content (AvgIpc) is 3.72. The summed E-state index contributed by atoms with van der Waals surface area (Å²) in [6, 6.07) is 12.6. The number of rotatable bonds is 13. The van der Waals surface area contributed by atoms with Crippen molar-refractivity contribution in [1.29, 1.82) is 0 Å². The first-order valence-electron chi connectivity index (χ1n) is 14.4. The number of amides is 5. The van der Waals surface area contributed by atoms with Gasteiger partial charge in [0.1, 0.15) is 22.9 Å². The van der Waals surface area contributed by atoms with Gasteiger partial charge in [-0.05, 0) is 48.5 Å². The summed E-state index contributed by atoms with van der Waals surface area (Å²) >= 11 is 5.66. The average molecular weight is 683 g/mol. The molecular weight excluding hydrogens is 648 g/mol. The van der Waals surface area contributed by atoms with Crippen LogP contribution in [0.3, 0.4) is 0 Å². The Morgan fingerprint density at radius 2 is 1.32 bits per heavy atom. The molecule has 1 unspecified atom stereocenters. The molecule has 0 saturated heterocycles. The molecule has 5 amide bonds. The molecule has 0 aliphatic carbocycles. The van der Waals surface area contributed by atoms with E-state index in [9.17, 15) is 28.2 Å². The fraction of sp³-hybridized carbons (Fsp3) is 0.258. The molecule has 1 atom stereocenters. The lowest BCUT2D eigenvalue weighted by Crippen LogP contribution is -2.30. The maximum atomic E-state index is 13.1.